The number of benzene rings is 1. The zero-order valence-electron chi connectivity index (χ0n) is 14.5. The van der Waals surface area contributed by atoms with Gasteiger partial charge < -0.3 is 25.6 Å². The minimum absolute atomic E-state index is 0.0650. The number of nitrogens with one attached hydrogen (secondary N) is 2. The Bertz CT molecular complexity index is 603. The van der Waals surface area contributed by atoms with Gasteiger partial charge in [-0.1, -0.05) is 24.8 Å². The van der Waals surface area contributed by atoms with Crippen LogP contribution in [0.2, 0.25) is 0 Å². The molecule has 1 aromatic rings. The lowest BCUT2D eigenvalue weighted by Crippen LogP contribution is -2.39. The number of para-hydroxylation sites is 1. The van der Waals surface area contributed by atoms with Gasteiger partial charge in [0, 0.05) is 24.9 Å². The summed E-state index contributed by atoms with van der Waals surface area (Å²) in [5, 5.41) is 20.8. The number of allylic oxidation sites excluding steroid dienone is 1. The number of hydrogen-bond donors (Lipinski definition) is 4. The molecule has 1 unspecified atom stereocenters. The van der Waals surface area contributed by atoms with Gasteiger partial charge in [0.05, 0.1) is 12.6 Å². The fourth-order valence-electron chi connectivity index (χ4n) is 1.68. The molecule has 138 valence electrons. The predicted octanol–water partition coefficient (Wildman–Crippen LogP) is 1.44. The number of hydrogen-bond acceptors (Lipinski definition) is 5. The summed E-state index contributed by atoms with van der Waals surface area (Å²) in [5.74, 6) is -3.71. The summed E-state index contributed by atoms with van der Waals surface area (Å²) in [7, 11) is 1.63. The van der Waals surface area contributed by atoms with Crippen LogP contribution in [0.5, 0.6) is 0 Å². The minimum atomic E-state index is -1.82. The first-order chi connectivity index (χ1) is 11.7. The minimum Gasteiger partial charge on any atom is -0.473 e. The Hall–Kier alpha value is -2.71. The van der Waals surface area contributed by atoms with Crippen molar-refractivity contribution in [1.29, 1.82) is 0 Å². The normalized spacial score (nSPS) is 10.8. The van der Waals surface area contributed by atoms with Gasteiger partial charge in [-0.05, 0) is 25.5 Å². The van der Waals surface area contributed by atoms with Crippen LogP contribution in [-0.4, -0.2) is 54.4 Å². The third-order valence-electron chi connectivity index (χ3n) is 2.98. The fraction of sp³-hybridized carbons (Fsp3) is 0.353. The third kappa shape index (κ3) is 9.23. The molecule has 0 fully saturated rings. The van der Waals surface area contributed by atoms with E-state index in [1.54, 1.807) is 7.11 Å². The summed E-state index contributed by atoms with van der Waals surface area (Å²) in [6.07, 6.45) is 0. The molecule has 0 aliphatic carbocycles. The number of carbonyl (C=O) groups excluding carboxylic acids is 1. The van der Waals surface area contributed by atoms with Crippen LogP contribution in [-0.2, 0) is 19.1 Å². The van der Waals surface area contributed by atoms with E-state index in [1.165, 1.54) is 0 Å². The highest BCUT2D eigenvalue weighted by atomic mass is 16.5. The lowest BCUT2D eigenvalue weighted by atomic mass is 10.1. The van der Waals surface area contributed by atoms with Gasteiger partial charge in [-0.15, -0.1) is 0 Å². The van der Waals surface area contributed by atoms with Crippen molar-refractivity contribution in [3.8, 4) is 0 Å². The molecule has 1 atom stereocenters. The van der Waals surface area contributed by atoms with E-state index >= 15 is 0 Å². The molecule has 1 amide bonds. The van der Waals surface area contributed by atoms with Crippen molar-refractivity contribution in [2.75, 3.05) is 25.6 Å². The van der Waals surface area contributed by atoms with Crippen molar-refractivity contribution in [3.63, 3.8) is 0 Å². The van der Waals surface area contributed by atoms with Crippen molar-refractivity contribution in [3.05, 3.63) is 36.4 Å². The van der Waals surface area contributed by atoms with Crippen LogP contribution in [0.1, 0.15) is 19.4 Å². The van der Waals surface area contributed by atoms with Gasteiger partial charge in [0.2, 0.25) is 5.91 Å². The summed E-state index contributed by atoms with van der Waals surface area (Å²) in [6.45, 7) is 8.89. The molecular formula is C17H24N2O6. The van der Waals surface area contributed by atoms with E-state index in [4.69, 9.17) is 24.5 Å². The van der Waals surface area contributed by atoms with Crippen LogP contribution in [0.15, 0.2) is 30.8 Å². The Morgan fingerprint density at radius 3 is 2.24 bits per heavy atom. The smallest absolute Gasteiger partial charge is 0.414 e. The number of ether oxygens (including phenoxy) is 1. The summed E-state index contributed by atoms with van der Waals surface area (Å²) in [4.78, 5) is 30.2. The van der Waals surface area contributed by atoms with Crippen molar-refractivity contribution < 1.29 is 29.3 Å². The Labute approximate surface area is 146 Å². The zero-order valence-corrected chi connectivity index (χ0v) is 14.5. The first kappa shape index (κ1) is 22.3. The fourth-order valence-corrected chi connectivity index (χ4v) is 1.68. The number of methoxy groups -OCH3 is 1. The number of carboxylic acids is 2. The number of rotatable bonds is 7. The van der Waals surface area contributed by atoms with Gasteiger partial charge in [-0.2, -0.15) is 0 Å². The van der Waals surface area contributed by atoms with Gasteiger partial charge in [0.15, 0.2) is 0 Å². The molecule has 25 heavy (non-hydrogen) atoms. The monoisotopic (exact) mass is 352 g/mol. The molecule has 0 aliphatic rings. The van der Waals surface area contributed by atoms with E-state index in [0.717, 1.165) is 16.8 Å². The molecule has 8 nitrogen and oxygen atoms in total. The van der Waals surface area contributed by atoms with E-state index in [9.17, 15) is 4.79 Å². The molecule has 0 aromatic heterocycles. The van der Waals surface area contributed by atoms with Gasteiger partial charge in [-0.3, -0.25) is 4.79 Å². The van der Waals surface area contributed by atoms with Crippen molar-refractivity contribution >= 4 is 29.1 Å². The summed E-state index contributed by atoms with van der Waals surface area (Å²) < 4.78 is 4.94. The molecule has 0 radical (unpaired) electrons. The van der Waals surface area contributed by atoms with E-state index in [0.29, 0.717) is 13.2 Å². The first-order valence-electron chi connectivity index (χ1n) is 7.45. The zero-order chi connectivity index (χ0) is 19.4. The molecule has 0 saturated carbocycles. The first-order valence-corrected chi connectivity index (χ1v) is 7.45. The third-order valence-corrected chi connectivity index (χ3v) is 2.98. The molecule has 0 bridgehead atoms. The molecule has 1 rings (SSSR count). The maximum Gasteiger partial charge on any atom is 0.414 e. The highest BCUT2D eigenvalue weighted by Crippen LogP contribution is 2.21. The second kappa shape index (κ2) is 11.8. The van der Waals surface area contributed by atoms with Gasteiger partial charge >= 0.3 is 11.9 Å². The predicted molar refractivity (Wildman–Crippen MR) is 94.4 cm³/mol. The van der Waals surface area contributed by atoms with Crippen LogP contribution in [0.3, 0.4) is 0 Å². The van der Waals surface area contributed by atoms with Gasteiger partial charge in [0.1, 0.15) is 0 Å². The summed E-state index contributed by atoms with van der Waals surface area (Å²) in [6, 6.07) is 7.38. The average molecular weight is 352 g/mol. The Kier molecular flexibility index (Phi) is 10.5. The standard InChI is InChI=1S/C15H22N2O2.C2H2O4/c1-11(2)13-7-5-6-8-14(13)17-15(18)12(3)16-9-10-19-4;3-1(4)2(5)6/h5-8,12,16H,1,9-10H2,2-4H3,(H,17,18);(H,3,4)(H,5,6). The maximum atomic E-state index is 12.0. The Morgan fingerprint density at radius 2 is 1.76 bits per heavy atom. The molecule has 0 aliphatic heterocycles. The van der Waals surface area contributed by atoms with E-state index in [-0.39, 0.29) is 11.9 Å². The van der Waals surface area contributed by atoms with Gasteiger partial charge in [-0.25, -0.2) is 9.59 Å². The second-order valence-electron chi connectivity index (χ2n) is 5.09. The van der Waals surface area contributed by atoms with E-state index in [2.05, 4.69) is 17.2 Å². The Balaban J connectivity index is 0.000000823. The number of aliphatic carboxylic acids is 2. The molecule has 8 heteroatoms. The highest BCUT2D eigenvalue weighted by molar-refractivity contribution is 6.27. The topological polar surface area (TPSA) is 125 Å². The molecule has 4 N–H and O–H groups in total. The largest absolute Gasteiger partial charge is 0.473 e. The summed E-state index contributed by atoms with van der Waals surface area (Å²) >= 11 is 0. The maximum absolute atomic E-state index is 12.0. The van der Waals surface area contributed by atoms with E-state index in [1.807, 2.05) is 38.1 Å². The van der Waals surface area contributed by atoms with Gasteiger partial charge in [0.25, 0.3) is 0 Å². The van der Waals surface area contributed by atoms with Crippen LogP contribution in [0.25, 0.3) is 5.57 Å². The molecule has 1 aromatic carbocycles. The average Bonchev–Trinajstić information content (AvgIpc) is 2.55. The Morgan fingerprint density at radius 1 is 1.20 bits per heavy atom. The second-order valence-corrected chi connectivity index (χ2v) is 5.09. The van der Waals surface area contributed by atoms with Crippen LogP contribution < -0.4 is 10.6 Å². The lowest BCUT2D eigenvalue weighted by Gasteiger charge is -2.16. The highest BCUT2D eigenvalue weighted by Gasteiger charge is 2.13. The van der Waals surface area contributed by atoms with E-state index < -0.39 is 11.9 Å². The number of amides is 1. The molecule has 0 spiro atoms. The van der Waals surface area contributed by atoms with Crippen LogP contribution in [0.4, 0.5) is 5.69 Å². The summed E-state index contributed by atoms with van der Waals surface area (Å²) in [5.41, 5.74) is 2.68. The van der Waals surface area contributed by atoms with Crippen molar-refractivity contribution in [1.82, 2.24) is 5.32 Å². The molecule has 0 heterocycles. The SMILES string of the molecule is C=C(C)c1ccccc1NC(=O)C(C)NCCOC.O=C(O)C(=O)O. The molecule has 0 saturated heterocycles. The van der Waals surface area contributed by atoms with Crippen molar-refractivity contribution in [2.45, 2.75) is 19.9 Å². The van der Waals surface area contributed by atoms with Crippen molar-refractivity contribution in [2.24, 2.45) is 0 Å². The number of carbonyl (C=O) groups is 3. The number of carboxylic acid groups (broad SMARTS) is 2. The van der Waals surface area contributed by atoms with Crippen LogP contribution >= 0.6 is 0 Å². The lowest BCUT2D eigenvalue weighted by molar-refractivity contribution is -0.159. The van der Waals surface area contributed by atoms with Crippen LogP contribution in [0, 0.1) is 0 Å². The quantitative estimate of drug-likeness (QED) is 0.432. The molecular weight excluding hydrogens is 328 g/mol. The number of anilines is 1.